The number of halogens is 1. The number of nitrogens with zero attached hydrogens (tertiary/aromatic N) is 1. The Kier molecular flexibility index (Phi) is 3.95. The van der Waals surface area contributed by atoms with Crippen LogP contribution in [-0.2, 0) is 20.5 Å². The number of benzene rings is 2. The van der Waals surface area contributed by atoms with E-state index in [9.17, 15) is 19.4 Å². The van der Waals surface area contributed by atoms with Gasteiger partial charge in [-0.05, 0) is 68.7 Å². The first-order chi connectivity index (χ1) is 14.5. The minimum Gasteiger partial charge on any atom is -0.508 e. The molecule has 1 fully saturated rings. The van der Waals surface area contributed by atoms with Crippen molar-refractivity contribution in [3.63, 3.8) is 0 Å². The number of rotatable bonds is 2. The molecule has 2 N–H and O–H groups in total. The van der Waals surface area contributed by atoms with E-state index in [1.54, 1.807) is 32.0 Å². The van der Waals surface area contributed by atoms with Crippen molar-refractivity contribution in [1.82, 2.24) is 4.57 Å². The molecule has 1 aliphatic carbocycles. The molecular weight excluding hydrogens is 397 g/mol. The lowest BCUT2D eigenvalue weighted by Crippen LogP contribution is -2.57. The van der Waals surface area contributed by atoms with Crippen LogP contribution in [0.15, 0.2) is 36.4 Å². The van der Waals surface area contributed by atoms with Crippen LogP contribution in [0, 0.1) is 18.2 Å². The van der Waals surface area contributed by atoms with Crippen LogP contribution in [0.4, 0.5) is 4.39 Å². The summed E-state index contributed by atoms with van der Waals surface area (Å²) in [6, 6.07) is 10.3. The number of carboxylic acid groups (broad SMARTS) is 1. The second-order valence-electron chi connectivity index (χ2n) is 10.1. The number of fused-ring (bicyclic) bond motifs is 4. The third-order valence-corrected chi connectivity index (χ3v) is 7.02. The Morgan fingerprint density at radius 3 is 2.48 bits per heavy atom. The van der Waals surface area contributed by atoms with E-state index in [0.717, 1.165) is 27.8 Å². The van der Waals surface area contributed by atoms with Crippen molar-refractivity contribution < 1.29 is 24.1 Å². The lowest BCUT2D eigenvalue weighted by Gasteiger charge is -2.56. The number of hydrogen-bond donors (Lipinski definition) is 2. The van der Waals surface area contributed by atoms with Gasteiger partial charge in [-0.3, -0.25) is 4.79 Å². The summed E-state index contributed by atoms with van der Waals surface area (Å²) in [5.74, 6) is -0.947. The minimum atomic E-state index is -0.851. The normalized spacial score (nSPS) is 26.6. The zero-order chi connectivity index (χ0) is 22.3. The van der Waals surface area contributed by atoms with Crippen molar-refractivity contribution in [3.8, 4) is 11.4 Å². The minimum absolute atomic E-state index is 0.140. The molecular formula is C25H26FNO4. The summed E-state index contributed by atoms with van der Waals surface area (Å²) < 4.78 is 22.6. The van der Waals surface area contributed by atoms with Crippen LogP contribution in [0.25, 0.3) is 16.6 Å². The molecule has 1 saturated carbocycles. The molecule has 0 atom stereocenters. The topological polar surface area (TPSA) is 71.7 Å². The number of carboxylic acids is 1. The molecule has 2 aliphatic rings. The summed E-state index contributed by atoms with van der Waals surface area (Å²) in [5, 5.41) is 20.8. The predicted molar refractivity (Wildman–Crippen MR) is 115 cm³/mol. The van der Waals surface area contributed by atoms with Crippen LogP contribution in [-0.4, -0.2) is 27.4 Å². The Balaban J connectivity index is 1.85. The van der Waals surface area contributed by atoms with E-state index in [2.05, 4.69) is 18.4 Å². The Bertz CT molecular complexity index is 1250. The van der Waals surface area contributed by atoms with Gasteiger partial charge in [-0.25, -0.2) is 4.39 Å². The summed E-state index contributed by atoms with van der Waals surface area (Å²) in [6.07, 6.45) is 0.741. The summed E-state index contributed by atoms with van der Waals surface area (Å²) in [7, 11) is 0. The SMILES string of the molecule is Cc1cc(-n2c3c(c4cc(O)ccc42)[C@]2(C[C@](C)(C(=O)O)C2)OCC3(C)C)ccc1F. The fraction of sp³-hybridized carbons (Fsp3) is 0.400. The maximum absolute atomic E-state index is 14.0. The van der Waals surface area contributed by atoms with E-state index in [1.807, 2.05) is 12.1 Å². The molecule has 1 aliphatic heterocycles. The fourth-order valence-corrected chi connectivity index (χ4v) is 5.52. The van der Waals surface area contributed by atoms with Crippen molar-refractivity contribution in [3.05, 3.63) is 59.0 Å². The first-order valence-corrected chi connectivity index (χ1v) is 10.5. The van der Waals surface area contributed by atoms with Gasteiger partial charge in [0, 0.05) is 27.7 Å². The predicted octanol–water partition coefficient (Wildman–Crippen LogP) is 5.17. The zero-order valence-corrected chi connectivity index (χ0v) is 18.1. The van der Waals surface area contributed by atoms with Crippen molar-refractivity contribution in [2.75, 3.05) is 6.61 Å². The number of aromatic hydroxyl groups is 1. The molecule has 6 heteroatoms. The number of aromatic nitrogens is 1. The van der Waals surface area contributed by atoms with Gasteiger partial charge in [0.05, 0.1) is 23.1 Å². The quantitative estimate of drug-likeness (QED) is 0.596. The lowest BCUT2D eigenvalue weighted by molar-refractivity contribution is -0.205. The first kappa shape index (κ1) is 20.1. The van der Waals surface area contributed by atoms with Crippen LogP contribution in [0.2, 0.25) is 0 Å². The summed E-state index contributed by atoms with van der Waals surface area (Å²) >= 11 is 0. The van der Waals surface area contributed by atoms with Gasteiger partial charge in [0.25, 0.3) is 0 Å². The standard InChI is InChI=1S/C25H26FNO4/c1-14-9-15(5-7-18(14)26)27-19-8-6-16(28)10-17(19)20-21(27)23(2,3)13-31-25(20)11-24(4,12-25)22(29)30/h5-10,28H,11-13H2,1-4H3,(H,29,30)/t24-,25+. The highest BCUT2D eigenvalue weighted by Crippen LogP contribution is 2.62. The number of phenols is 1. The Morgan fingerprint density at radius 2 is 1.84 bits per heavy atom. The number of aryl methyl sites for hydroxylation is 1. The second-order valence-corrected chi connectivity index (χ2v) is 10.1. The third-order valence-electron chi connectivity index (χ3n) is 7.02. The van der Waals surface area contributed by atoms with E-state index >= 15 is 0 Å². The largest absolute Gasteiger partial charge is 0.508 e. The fourth-order valence-electron chi connectivity index (χ4n) is 5.52. The molecule has 2 heterocycles. The number of hydrogen-bond acceptors (Lipinski definition) is 3. The van der Waals surface area contributed by atoms with Gasteiger partial charge in [-0.2, -0.15) is 0 Å². The summed E-state index contributed by atoms with van der Waals surface area (Å²) in [5.41, 5.74) is 2.30. The summed E-state index contributed by atoms with van der Waals surface area (Å²) in [6.45, 7) is 8.13. The average Bonchev–Trinajstić information content (AvgIpc) is 3.02. The molecule has 0 radical (unpaired) electrons. The van der Waals surface area contributed by atoms with Crippen LogP contribution >= 0.6 is 0 Å². The molecule has 1 aromatic heterocycles. The number of carbonyl (C=O) groups is 1. The number of phenolic OH excluding ortho intramolecular Hbond substituents is 1. The van der Waals surface area contributed by atoms with E-state index in [4.69, 9.17) is 4.74 Å². The second kappa shape index (κ2) is 6.10. The summed E-state index contributed by atoms with van der Waals surface area (Å²) in [4.78, 5) is 11.8. The first-order valence-electron chi connectivity index (χ1n) is 10.5. The van der Waals surface area contributed by atoms with E-state index in [-0.39, 0.29) is 17.0 Å². The Labute approximate surface area is 180 Å². The smallest absolute Gasteiger partial charge is 0.309 e. The van der Waals surface area contributed by atoms with Gasteiger partial charge in [0.1, 0.15) is 11.6 Å². The molecule has 2 aromatic carbocycles. The molecule has 0 amide bonds. The van der Waals surface area contributed by atoms with Gasteiger partial charge in [-0.15, -0.1) is 0 Å². The van der Waals surface area contributed by atoms with Crippen molar-refractivity contribution in [2.24, 2.45) is 5.41 Å². The van der Waals surface area contributed by atoms with Gasteiger partial charge >= 0.3 is 5.97 Å². The Morgan fingerprint density at radius 1 is 1.13 bits per heavy atom. The molecule has 0 unspecified atom stereocenters. The molecule has 1 spiro atoms. The van der Waals surface area contributed by atoms with Crippen LogP contribution in [0.3, 0.4) is 0 Å². The van der Waals surface area contributed by atoms with Gasteiger partial charge in [0.2, 0.25) is 0 Å². The molecule has 5 nitrogen and oxygen atoms in total. The molecule has 162 valence electrons. The van der Waals surface area contributed by atoms with Gasteiger partial charge in [0.15, 0.2) is 0 Å². The molecule has 0 bridgehead atoms. The maximum Gasteiger partial charge on any atom is 0.309 e. The molecule has 5 rings (SSSR count). The monoisotopic (exact) mass is 423 g/mol. The highest BCUT2D eigenvalue weighted by molar-refractivity contribution is 5.91. The van der Waals surface area contributed by atoms with Crippen molar-refractivity contribution in [2.45, 2.75) is 51.6 Å². The van der Waals surface area contributed by atoms with Crippen molar-refractivity contribution in [1.29, 1.82) is 0 Å². The molecule has 0 saturated heterocycles. The number of ether oxygens (including phenoxy) is 1. The van der Waals surface area contributed by atoms with E-state index in [0.29, 0.717) is 25.0 Å². The molecule has 3 aromatic rings. The zero-order valence-electron chi connectivity index (χ0n) is 18.1. The van der Waals surface area contributed by atoms with Gasteiger partial charge < -0.3 is 19.5 Å². The lowest BCUT2D eigenvalue weighted by atomic mass is 9.55. The van der Waals surface area contributed by atoms with Crippen LogP contribution in [0.1, 0.15) is 50.4 Å². The third kappa shape index (κ3) is 2.67. The van der Waals surface area contributed by atoms with Crippen molar-refractivity contribution >= 4 is 16.9 Å². The average molecular weight is 423 g/mol. The highest BCUT2D eigenvalue weighted by atomic mass is 19.1. The maximum atomic E-state index is 14.0. The van der Waals surface area contributed by atoms with Gasteiger partial charge in [-0.1, -0.05) is 13.8 Å². The number of aliphatic carboxylic acids is 1. The van der Waals surface area contributed by atoms with E-state index in [1.165, 1.54) is 6.07 Å². The van der Waals surface area contributed by atoms with Crippen LogP contribution in [0.5, 0.6) is 5.75 Å². The van der Waals surface area contributed by atoms with Crippen LogP contribution < -0.4 is 0 Å². The highest BCUT2D eigenvalue weighted by Gasteiger charge is 2.62. The van der Waals surface area contributed by atoms with E-state index < -0.39 is 17.0 Å². The Hall–Kier alpha value is -2.86. The molecule has 31 heavy (non-hydrogen) atoms.